The highest BCUT2D eigenvalue weighted by Gasteiger charge is 2.68. The summed E-state index contributed by atoms with van der Waals surface area (Å²) in [5, 5.41) is 19.8. The Hall–Kier alpha value is -3.57. The molecule has 2 aliphatic carbocycles. The number of aliphatic imine (C=N–C) groups is 1. The summed E-state index contributed by atoms with van der Waals surface area (Å²) in [6.07, 6.45) is 21.6. The maximum absolute atomic E-state index is 14.4. The van der Waals surface area contributed by atoms with Gasteiger partial charge in [-0.15, -0.1) is 0 Å². The molecule has 5 aliphatic rings. The number of hydrogen-bond donors (Lipinski definition) is 1. The van der Waals surface area contributed by atoms with Crippen LogP contribution in [0.3, 0.4) is 0 Å². The number of allylic oxidation sites excluding steroid dienone is 4. The zero-order valence-electron chi connectivity index (χ0n) is 23.4. The van der Waals surface area contributed by atoms with Crippen molar-refractivity contribution in [2.24, 2.45) is 27.3 Å². The molecule has 208 valence electrons. The van der Waals surface area contributed by atoms with Crippen molar-refractivity contribution in [1.29, 1.82) is 5.26 Å². The molecule has 2 saturated carbocycles. The molecule has 3 aliphatic heterocycles. The molecule has 0 spiro atoms. The molecule has 0 aromatic carbocycles. The Labute approximate surface area is 236 Å². The summed E-state index contributed by atoms with van der Waals surface area (Å²) in [5.74, 6) is 0.436. The number of hydrazone groups is 1. The fourth-order valence-electron chi connectivity index (χ4n) is 6.20. The highest BCUT2D eigenvalue weighted by Crippen LogP contribution is 2.77. The number of pyridine rings is 1. The molecule has 0 radical (unpaired) electrons. The molecule has 1 aromatic rings. The fourth-order valence-corrected chi connectivity index (χ4v) is 6.20. The Balaban J connectivity index is 1.21. The van der Waals surface area contributed by atoms with Crippen molar-refractivity contribution in [3.05, 3.63) is 76.7 Å². The van der Waals surface area contributed by atoms with Crippen molar-refractivity contribution in [1.82, 2.24) is 20.2 Å². The SMILES string of the molecule is CCc1ncc(CN2CCN/C=C/C=C(C3=CC(CCC45CC4C5)=CN4N=CC(C#N)C34)\C=N/CC2C)cc1F. The van der Waals surface area contributed by atoms with Crippen molar-refractivity contribution in [3.63, 3.8) is 0 Å². The summed E-state index contributed by atoms with van der Waals surface area (Å²) in [4.78, 5) is 11.5. The van der Waals surface area contributed by atoms with Crippen molar-refractivity contribution < 1.29 is 4.39 Å². The zero-order valence-corrected chi connectivity index (χ0v) is 23.4. The number of nitriles is 1. The lowest BCUT2D eigenvalue weighted by atomic mass is 9.86. The summed E-state index contributed by atoms with van der Waals surface area (Å²) in [6, 6.07) is 4.05. The number of aryl methyl sites for hydroxylation is 1. The molecule has 1 aromatic heterocycles. The molecule has 0 bridgehead atoms. The second-order valence-corrected chi connectivity index (χ2v) is 11.9. The Morgan fingerprint density at radius 3 is 2.90 bits per heavy atom. The van der Waals surface area contributed by atoms with Gasteiger partial charge in [0, 0.05) is 50.5 Å². The quantitative estimate of drug-likeness (QED) is 0.533. The largest absolute Gasteiger partial charge is 0.390 e. The Kier molecular flexibility index (Phi) is 7.41. The van der Waals surface area contributed by atoms with Crippen LogP contribution in [0.15, 0.2) is 69.7 Å². The average molecular weight is 540 g/mol. The van der Waals surface area contributed by atoms with Gasteiger partial charge in [-0.3, -0.25) is 19.9 Å². The molecular formula is C32H38FN7. The summed E-state index contributed by atoms with van der Waals surface area (Å²) in [7, 11) is 0. The molecule has 3 atom stereocenters. The van der Waals surface area contributed by atoms with Gasteiger partial charge < -0.3 is 5.32 Å². The van der Waals surface area contributed by atoms with Gasteiger partial charge in [0.15, 0.2) is 0 Å². The van der Waals surface area contributed by atoms with Crippen LogP contribution in [0.5, 0.6) is 0 Å². The molecular weight excluding hydrogens is 501 g/mol. The van der Waals surface area contributed by atoms with Gasteiger partial charge in [0.05, 0.1) is 24.3 Å². The van der Waals surface area contributed by atoms with E-state index in [1.54, 1.807) is 18.5 Å². The van der Waals surface area contributed by atoms with Gasteiger partial charge in [0.1, 0.15) is 11.7 Å². The molecule has 40 heavy (non-hydrogen) atoms. The van der Waals surface area contributed by atoms with Crippen molar-refractivity contribution in [2.75, 3.05) is 19.6 Å². The second-order valence-electron chi connectivity index (χ2n) is 11.9. The van der Waals surface area contributed by atoms with Gasteiger partial charge in [-0.05, 0) is 91.0 Å². The molecule has 3 unspecified atom stereocenters. The van der Waals surface area contributed by atoms with Crippen molar-refractivity contribution in [2.45, 2.75) is 64.6 Å². The van der Waals surface area contributed by atoms with E-state index in [4.69, 9.17) is 4.99 Å². The molecule has 0 amide bonds. The third-order valence-corrected chi connectivity index (χ3v) is 9.14. The van der Waals surface area contributed by atoms with Gasteiger partial charge in [0.25, 0.3) is 0 Å². The van der Waals surface area contributed by atoms with E-state index in [-0.39, 0.29) is 23.8 Å². The van der Waals surface area contributed by atoms with Crippen molar-refractivity contribution in [3.8, 4) is 6.07 Å². The van der Waals surface area contributed by atoms with E-state index < -0.39 is 0 Å². The van der Waals surface area contributed by atoms with Crippen LogP contribution in [-0.2, 0) is 13.0 Å². The molecule has 6 rings (SSSR count). The zero-order chi connectivity index (χ0) is 27.7. The van der Waals surface area contributed by atoms with E-state index >= 15 is 0 Å². The smallest absolute Gasteiger partial charge is 0.144 e. The van der Waals surface area contributed by atoms with E-state index in [2.05, 4.69) is 51.6 Å². The minimum absolute atomic E-state index is 0.143. The molecule has 8 heteroatoms. The lowest BCUT2D eigenvalue weighted by Gasteiger charge is -2.31. The molecule has 4 heterocycles. The topological polar surface area (TPSA) is 79.9 Å². The molecule has 0 saturated heterocycles. The summed E-state index contributed by atoms with van der Waals surface area (Å²) < 4.78 is 14.4. The molecule has 2 fully saturated rings. The maximum atomic E-state index is 14.4. The van der Waals surface area contributed by atoms with Gasteiger partial charge >= 0.3 is 0 Å². The molecule has 1 N–H and O–H groups in total. The Bertz CT molecular complexity index is 1360. The predicted molar refractivity (Wildman–Crippen MR) is 156 cm³/mol. The number of nitrogens with zero attached hydrogens (tertiary/aromatic N) is 6. The highest BCUT2D eigenvalue weighted by molar-refractivity contribution is 5.87. The summed E-state index contributed by atoms with van der Waals surface area (Å²) >= 11 is 0. The van der Waals surface area contributed by atoms with Crippen LogP contribution in [0.4, 0.5) is 4.39 Å². The molecule has 7 nitrogen and oxygen atoms in total. The summed E-state index contributed by atoms with van der Waals surface area (Å²) in [5.41, 5.74) is 5.37. The monoisotopic (exact) mass is 539 g/mol. The van der Waals surface area contributed by atoms with Crippen LogP contribution in [-0.4, -0.2) is 59.0 Å². The average Bonchev–Trinajstić information content (AvgIpc) is 3.77. The number of aromatic nitrogens is 1. The first-order valence-corrected chi connectivity index (χ1v) is 14.6. The summed E-state index contributed by atoms with van der Waals surface area (Å²) in [6.45, 7) is 6.85. The Morgan fingerprint density at radius 1 is 1.30 bits per heavy atom. The number of nitrogens with one attached hydrogen (secondary N) is 1. The van der Waals surface area contributed by atoms with Crippen molar-refractivity contribution >= 4 is 12.4 Å². The van der Waals surface area contributed by atoms with E-state index in [0.29, 0.717) is 30.6 Å². The van der Waals surface area contributed by atoms with Gasteiger partial charge in [0.2, 0.25) is 0 Å². The van der Waals surface area contributed by atoms with E-state index in [0.717, 1.165) is 42.1 Å². The van der Waals surface area contributed by atoms with E-state index in [1.807, 2.05) is 30.4 Å². The van der Waals surface area contributed by atoms with Crippen LogP contribution >= 0.6 is 0 Å². The third-order valence-electron chi connectivity index (χ3n) is 9.14. The van der Waals surface area contributed by atoms with Crippen LogP contribution < -0.4 is 5.32 Å². The number of rotatable bonds is 7. The maximum Gasteiger partial charge on any atom is 0.144 e. The van der Waals surface area contributed by atoms with Crippen LogP contribution in [0.25, 0.3) is 0 Å². The first-order valence-electron chi connectivity index (χ1n) is 14.6. The number of halogens is 1. The van der Waals surface area contributed by atoms with Crippen LogP contribution in [0, 0.1) is 34.4 Å². The number of fused-ring (bicyclic) bond motifs is 2. The van der Waals surface area contributed by atoms with E-state index in [1.165, 1.54) is 24.8 Å². The first-order chi connectivity index (χ1) is 19.5. The lowest BCUT2D eigenvalue weighted by Crippen LogP contribution is -2.39. The first kappa shape index (κ1) is 26.6. The number of hydrogen-bond acceptors (Lipinski definition) is 7. The fraction of sp³-hybridized carbons (Fsp3) is 0.500. The normalized spacial score (nSPS) is 34.0. The van der Waals surface area contributed by atoms with Crippen LogP contribution in [0.2, 0.25) is 0 Å². The Morgan fingerprint density at radius 2 is 2.15 bits per heavy atom. The van der Waals surface area contributed by atoms with E-state index in [9.17, 15) is 9.65 Å². The van der Waals surface area contributed by atoms with Gasteiger partial charge in [-0.25, -0.2) is 4.39 Å². The van der Waals surface area contributed by atoms with Crippen LogP contribution in [0.1, 0.15) is 50.8 Å². The third kappa shape index (κ3) is 5.53. The minimum atomic E-state index is -0.306. The standard InChI is InChI=1S/C32H38FN7/c1-3-30-29(33)12-24(17-37-30)20-39-10-9-35-8-4-5-25(18-36-16-22(39)2)28-11-23(6-7-32-13-27(32)14-32)21-40-31(28)26(15-34)19-38-40/h4-5,8,11-12,17-19,21-22,26-27,31,35H,3,6-7,9-10,13-14,16,20H2,1-2H3/b8-4+,25-5+,36-18-. The predicted octanol–water partition coefficient (Wildman–Crippen LogP) is 4.91. The lowest BCUT2D eigenvalue weighted by molar-refractivity contribution is 0.207. The highest BCUT2D eigenvalue weighted by atomic mass is 19.1. The minimum Gasteiger partial charge on any atom is -0.390 e. The van der Waals surface area contributed by atoms with Gasteiger partial charge in [-0.2, -0.15) is 10.4 Å². The van der Waals surface area contributed by atoms with Gasteiger partial charge in [-0.1, -0.05) is 19.1 Å². The second kappa shape index (κ2) is 11.1.